The predicted octanol–water partition coefficient (Wildman–Crippen LogP) is 3.62. The van der Waals surface area contributed by atoms with Crippen molar-refractivity contribution in [1.82, 2.24) is 14.7 Å². The minimum absolute atomic E-state index is 0.0296. The Hall–Kier alpha value is -2.47. The predicted molar refractivity (Wildman–Crippen MR) is 86.5 cm³/mol. The molecular weight excluding hydrogens is 333 g/mol. The molecule has 0 spiro atoms. The van der Waals surface area contributed by atoms with Gasteiger partial charge in [0.1, 0.15) is 11.4 Å². The Morgan fingerprint density at radius 3 is 2.88 bits per heavy atom. The van der Waals surface area contributed by atoms with Crippen molar-refractivity contribution in [3.63, 3.8) is 0 Å². The molecule has 24 heavy (non-hydrogen) atoms. The van der Waals surface area contributed by atoms with E-state index in [0.29, 0.717) is 17.3 Å². The molecule has 0 N–H and O–H groups in total. The quantitative estimate of drug-likeness (QED) is 0.724. The van der Waals surface area contributed by atoms with Gasteiger partial charge in [-0.3, -0.25) is 4.79 Å². The summed E-state index contributed by atoms with van der Waals surface area (Å²) < 4.78 is 20.5. The van der Waals surface area contributed by atoms with Crippen LogP contribution in [0.15, 0.2) is 45.8 Å². The second kappa shape index (κ2) is 5.87. The Kier molecular flexibility index (Phi) is 3.69. The normalized spacial score (nSPS) is 14.1. The van der Waals surface area contributed by atoms with E-state index in [2.05, 4.69) is 10.1 Å². The Balaban J connectivity index is 1.71. The fraction of sp³-hybridized carbons (Fsp3) is 0.235. The van der Waals surface area contributed by atoms with Gasteiger partial charge in [0, 0.05) is 22.7 Å². The van der Waals surface area contributed by atoms with Gasteiger partial charge in [-0.05, 0) is 37.1 Å². The molecule has 0 radical (unpaired) electrons. The first-order valence-corrected chi connectivity index (χ1v) is 7.97. The van der Waals surface area contributed by atoms with Gasteiger partial charge < -0.3 is 9.09 Å². The van der Waals surface area contributed by atoms with Crippen molar-refractivity contribution in [2.45, 2.75) is 25.3 Å². The summed E-state index contributed by atoms with van der Waals surface area (Å²) in [7, 11) is 0. The number of aromatic nitrogens is 3. The molecule has 5 nitrogen and oxygen atoms in total. The van der Waals surface area contributed by atoms with Crippen LogP contribution in [0.4, 0.5) is 4.39 Å². The van der Waals surface area contributed by atoms with Crippen LogP contribution in [0.25, 0.3) is 11.5 Å². The van der Waals surface area contributed by atoms with E-state index in [0.717, 1.165) is 12.8 Å². The second-order valence-corrected chi connectivity index (χ2v) is 6.19. The van der Waals surface area contributed by atoms with E-state index in [1.54, 1.807) is 24.4 Å². The van der Waals surface area contributed by atoms with Crippen LogP contribution in [0.1, 0.15) is 30.1 Å². The lowest BCUT2D eigenvalue weighted by Gasteiger charge is -2.09. The lowest BCUT2D eigenvalue weighted by Crippen LogP contribution is -2.22. The van der Waals surface area contributed by atoms with Crippen molar-refractivity contribution in [2.75, 3.05) is 0 Å². The van der Waals surface area contributed by atoms with Crippen LogP contribution >= 0.6 is 11.6 Å². The molecule has 0 atom stereocenters. The highest BCUT2D eigenvalue weighted by Gasteiger charge is 2.29. The Labute approximate surface area is 141 Å². The largest absolute Gasteiger partial charge is 0.334 e. The zero-order valence-electron chi connectivity index (χ0n) is 12.6. The fourth-order valence-electron chi connectivity index (χ4n) is 2.53. The third-order valence-corrected chi connectivity index (χ3v) is 4.38. The smallest absolute Gasteiger partial charge is 0.263 e. The summed E-state index contributed by atoms with van der Waals surface area (Å²) in [6, 6.07) is 7.74. The lowest BCUT2D eigenvalue weighted by atomic mass is 10.2. The third kappa shape index (κ3) is 2.73. The molecule has 7 heteroatoms. The van der Waals surface area contributed by atoms with Gasteiger partial charge in [-0.1, -0.05) is 22.8 Å². The van der Waals surface area contributed by atoms with Gasteiger partial charge in [0.15, 0.2) is 5.82 Å². The van der Waals surface area contributed by atoms with Gasteiger partial charge in [-0.15, -0.1) is 0 Å². The monoisotopic (exact) mass is 345 g/mol. The molecule has 2 heterocycles. The van der Waals surface area contributed by atoms with E-state index in [1.165, 1.54) is 16.7 Å². The summed E-state index contributed by atoms with van der Waals surface area (Å²) in [5, 5.41) is 4.20. The number of benzene rings is 1. The van der Waals surface area contributed by atoms with Crippen LogP contribution in [-0.4, -0.2) is 14.7 Å². The topological polar surface area (TPSA) is 60.9 Å². The van der Waals surface area contributed by atoms with Crippen molar-refractivity contribution in [2.24, 2.45) is 0 Å². The SMILES string of the molecule is O=c1c(-c2nc(C3CC3)no2)cccn1Cc1c(F)cccc1Cl. The number of hydrogen-bond donors (Lipinski definition) is 0. The molecule has 0 aliphatic heterocycles. The van der Waals surface area contributed by atoms with Crippen molar-refractivity contribution < 1.29 is 8.91 Å². The molecule has 3 aromatic rings. The summed E-state index contributed by atoms with van der Waals surface area (Å²) >= 11 is 6.04. The molecule has 2 aromatic heterocycles. The van der Waals surface area contributed by atoms with Crippen molar-refractivity contribution in [1.29, 1.82) is 0 Å². The molecular formula is C17H13ClFN3O2. The average Bonchev–Trinajstić information content (AvgIpc) is 3.30. The van der Waals surface area contributed by atoms with Crippen LogP contribution in [0.5, 0.6) is 0 Å². The van der Waals surface area contributed by atoms with E-state index in [9.17, 15) is 9.18 Å². The number of nitrogens with zero attached hydrogens (tertiary/aromatic N) is 3. The number of pyridine rings is 1. The third-order valence-electron chi connectivity index (χ3n) is 4.02. The molecule has 1 fully saturated rings. The van der Waals surface area contributed by atoms with Crippen LogP contribution in [0, 0.1) is 5.82 Å². The van der Waals surface area contributed by atoms with Gasteiger partial charge >= 0.3 is 0 Å². The van der Waals surface area contributed by atoms with Crippen molar-refractivity contribution in [3.05, 3.63) is 69.1 Å². The number of rotatable bonds is 4. The number of hydrogen-bond acceptors (Lipinski definition) is 4. The Bertz CT molecular complexity index is 942. The van der Waals surface area contributed by atoms with Crippen molar-refractivity contribution in [3.8, 4) is 11.5 Å². The van der Waals surface area contributed by atoms with Crippen LogP contribution in [-0.2, 0) is 6.54 Å². The molecule has 0 bridgehead atoms. The Morgan fingerprint density at radius 2 is 2.12 bits per heavy atom. The van der Waals surface area contributed by atoms with Crippen LogP contribution < -0.4 is 5.56 Å². The summed E-state index contributed by atoms with van der Waals surface area (Å²) in [5.74, 6) is 0.715. The number of halogens is 2. The molecule has 122 valence electrons. The van der Waals surface area contributed by atoms with E-state index < -0.39 is 5.82 Å². The average molecular weight is 346 g/mol. The van der Waals surface area contributed by atoms with Gasteiger partial charge in [0.25, 0.3) is 11.4 Å². The zero-order valence-corrected chi connectivity index (χ0v) is 13.3. The molecule has 0 amide bonds. The highest BCUT2D eigenvalue weighted by molar-refractivity contribution is 6.31. The summed E-state index contributed by atoms with van der Waals surface area (Å²) in [5.41, 5.74) is 0.231. The minimum atomic E-state index is -0.450. The van der Waals surface area contributed by atoms with Crippen LogP contribution in [0.3, 0.4) is 0 Å². The first-order valence-electron chi connectivity index (χ1n) is 7.60. The lowest BCUT2D eigenvalue weighted by molar-refractivity contribution is 0.422. The van der Waals surface area contributed by atoms with E-state index in [-0.39, 0.29) is 28.6 Å². The maximum atomic E-state index is 13.9. The van der Waals surface area contributed by atoms with Gasteiger partial charge in [-0.2, -0.15) is 4.98 Å². The molecule has 1 aliphatic carbocycles. The molecule has 1 saturated carbocycles. The first-order chi connectivity index (χ1) is 11.6. The fourth-order valence-corrected chi connectivity index (χ4v) is 2.75. The highest BCUT2D eigenvalue weighted by atomic mass is 35.5. The van der Waals surface area contributed by atoms with Gasteiger partial charge in [0.05, 0.1) is 6.54 Å². The standard InChI is InChI=1S/C17H13ClFN3O2/c18-13-4-1-5-14(19)12(13)9-22-8-2-3-11(17(22)23)16-20-15(21-24-16)10-6-7-10/h1-5,8,10H,6-7,9H2. The molecule has 0 saturated heterocycles. The van der Waals surface area contributed by atoms with Gasteiger partial charge in [0.2, 0.25) is 0 Å². The maximum Gasteiger partial charge on any atom is 0.263 e. The summed E-state index contributed by atoms with van der Waals surface area (Å²) in [4.78, 5) is 17.0. The Morgan fingerprint density at radius 1 is 1.29 bits per heavy atom. The summed E-state index contributed by atoms with van der Waals surface area (Å²) in [6.07, 6.45) is 3.67. The molecule has 0 unspecified atom stereocenters. The minimum Gasteiger partial charge on any atom is -0.334 e. The van der Waals surface area contributed by atoms with E-state index in [4.69, 9.17) is 16.1 Å². The molecule has 4 rings (SSSR count). The second-order valence-electron chi connectivity index (χ2n) is 5.79. The van der Waals surface area contributed by atoms with E-state index in [1.807, 2.05) is 0 Å². The first kappa shape index (κ1) is 15.1. The zero-order chi connectivity index (χ0) is 16.7. The van der Waals surface area contributed by atoms with Crippen LogP contribution in [0.2, 0.25) is 5.02 Å². The van der Waals surface area contributed by atoms with E-state index >= 15 is 0 Å². The summed E-state index contributed by atoms with van der Waals surface area (Å²) in [6.45, 7) is 0.0296. The molecule has 1 aromatic carbocycles. The maximum absolute atomic E-state index is 13.9. The van der Waals surface area contributed by atoms with Gasteiger partial charge in [-0.25, -0.2) is 4.39 Å². The van der Waals surface area contributed by atoms with Crippen molar-refractivity contribution >= 4 is 11.6 Å². The highest BCUT2D eigenvalue weighted by Crippen LogP contribution is 2.38. The molecule has 1 aliphatic rings.